The molecular weight excluding hydrogens is 387 g/mol. The summed E-state index contributed by atoms with van der Waals surface area (Å²) in [5.74, 6) is 0.0142. The molecule has 2 aromatic carbocycles. The molecule has 0 radical (unpaired) electrons. The maximum Gasteiger partial charge on any atom is 0.244 e. The minimum atomic E-state index is -1.14. The van der Waals surface area contributed by atoms with Gasteiger partial charge >= 0.3 is 0 Å². The van der Waals surface area contributed by atoms with Gasteiger partial charge in [-0.25, -0.2) is 9.37 Å². The van der Waals surface area contributed by atoms with Crippen molar-refractivity contribution in [1.29, 1.82) is 0 Å². The number of nitrogens with zero attached hydrogens (tertiary/aromatic N) is 2. The van der Waals surface area contributed by atoms with Crippen LogP contribution in [0.2, 0.25) is 0 Å². The summed E-state index contributed by atoms with van der Waals surface area (Å²) in [5, 5.41) is 25.2. The molecule has 0 saturated carbocycles. The molecule has 2 heterocycles. The molecule has 1 amide bonds. The lowest BCUT2D eigenvalue weighted by atomic mass is 10.1. The van der Waals surface area contributed by atoms with Crippen LogP contribution in [0.25, 0.3) is 22.4 Å². The Morgan fingerprint density at radius 2 is 2.03 bits per heavy atom. The van der Waals surface area contributed by atoms with Crippen LogP contribution in [0, 0.1) is 12.7 Å². The van der Waals surface area contributed by atoms with Crippen LogP contribution in [0.4, 0.5) is 10.1 Å². The van der Waals surface area contributed by atoms with Gasteiger partial charge in [0.05, 0.1) is 17.1 Å². The number of carbonyl (C=O) groups is 1. The zero-order chi connectivity index (χ0) is 21.6. The molecule has 0 aliphatic carbocycles. The van der Waals surface area contributed by atoms with Gasteiger partial charge in [0.1, 0.15) is 23.8 Å². The lowest BCUT2D eigenvalue weighted by Gasteiger charge is -2.18. The largest absolute Gasteiger partial charge is 0.389 e. The lowest BCUT2D eigenvalue weighted by molar-refractivity contribution is -0.120. The topological polar surface area (TPSA) is 99.4 Å². The number of rotatable bonds is 4. The summed E-state index contributed by atoms with van der Waals surface area (Å²) in [6.45, 7) is 6.08. The van der Waals surface area contributed by atoms with Crippen molar-refractivity contribution in [2.24, 2.45) is 0 Å². The van der Waals surface area contributed by atoms with Crippen molar-refractivity contribution in [2.45, 2.75) is 45.1 Å². The summed E-state index contributed by atoms with van der Waals surface area (Å²) in [6.07, 6.45) is -2.10. The summed E-state index contributed by atoms with van der Waals surface area (Å²) in [4.78, 5) is 17.2. The van der Waals surface area contributed by atoms with Gasteiger partial charge in [0, 0.05) is 23.8 Å². The van der Waals surface area contributed by atoms with E-state index in [9.17, 15) is 19.4 Å². The molecule has 4 rings (SSSR count). The highest BCUT2D eigenvalue weighted by molar-refractivity contribution is 5.96. The average molecular weight is 412 g/mol. The second-order valence-electron chi connectivity index (χ2n) is 8.00. The fourth-order valence-electron chi connectivity index (χ4n) is 3.91. The van der Waals surface area contributed by atoms with Gasteiger partial charge in [-0.05, 0) is 62.7 Å². The molecule has 7 nitrogen and oxygen atoms in total. The normalized spacial score (nSPS) is 21.5. The number of aromatic nitrogens is 2. The summed E-state index contributed by atoms with van der Waals surface area (Å²) < 4.78 is 15.8. The van der Waals surface area contributed by atoms with Crippen LogP contribution in [0.3, 0.4) is 0 Å². The van der Waals surface area contributed by atoms with Gasteiger partial charge in [0.15, 0.2) is 0 Å². The van der Waals surface area contributed by atoms with Crippen molar-refractivity contribution in [1.82, 2.24) is 14.9 Å². The fraction of sp³-hybridized carbons (Fsp3) is 0.364. The van der Waals surface area contributed by atoms with Crippen molar-refractivity contribution >= 4 is 22.6 Å². The van der Waals surface area contributed by atoms with Crippen LogP contribution >= 0.6 is 0 Å². The first-order valence-corrected chi connectivity index (χ1v) is 9.95. The van der Waals surface area contributed by atoms with E-state index in [0.29, 0.717) is 5.69 Å². The van der Waals surface area contributed by atoms with Gasteiger partial charge in [-0.3, -0.25) is 4.79 Å². The number of carbonyl (C=O) groups excluding carboxylic acids is 1. The number of aryl methyl sites for hydroxylation is 1. The Morgan fingerprint density at radius 3 is 2.67 bits per heavy atom. The zero-order valence-electron chi connectivity index (χ0n) is 17.1. The second-order valence-corrected chi connectivity index (χ2v) is 8.00. The van der Waals surface area contributed by atoms with Gasteiger partial charge in [-0.1, -0.05) is 0 Å². The summed E-state index contributed by atoms with van der Waals surface area (Å²) in [5.41, 5.74) is 3.73. The van der Waals surface area contributed by atoms with E-state index >= 15 is 0 Å². The molecule has 1 aliphatic rings. The third-order valence-electron chi connectivity index (χ3n) is 5.48. The van der Waals surface area contributed by atoms with Crippen LogP contribution < -0.4 is 10.6 Å². The first-order valence-electron chi connectivity index (χ1n) is 9.95. The molecule has 8 heteroatoms. The Balaban J connectivity index is 1.65. The van der Waals surface area contributed by atoms with E-state index in [2.05, 4.69) is 10.6 Å². The van der Waals surface area contributed by atoms with Crippen LogP contribution in [-0.4, -0.2) is 50.5 Å². The third kappa shape index (κ3) is 3.58. The summed E-state index contributed by atoms with van der Waals surface area (Å²) >= 11 is 0. The van der Waals surface area contributed by atoms with E-state index in [0.717, 1.165) is 28.0 Å². The van der Waals surface area contributed by atoms with Crippen LogP contribution in [0.5, 0.6) is 0 Å². The quantitative estimate of drug-likeness (QED) is 0.527. The van der Waals surface area contributed by atoms with Gasteiger partial charge in [0.2, 0.25) is 5.91 Å². The molecule has 3 atom stereocenters. The number of benzene rings is 2. The molecule has 30 heavy (non-hydrogen) atoms. The third-order valence-corrected chi connectivity index (χ3v) is 5.48. The lowest BCUT2D eigenvalue weighted by Crippen LogP contribution is -2.43. The molecule has 0 bridgehead atoms. The van der Waals surface area contributed by atoms with Gasteiger partial charge < -0.3 is 25.4 Å². The van der Waals surface area contributed by atoms with Crippen molar-refractivity contribution in [3.05, 3.63) is 47.8 Å². The molecule has 1 aromatic heterocycles. The van der Waals surface area contributed by atoms with E-state index < -0.39 is 24.2 Å². The van der Waals surface area contributed by atoms with Gasteiger partial charge in [0.25, 0.3) is 0 Å². The monoisotopic (exact) mass is 412 g/mol. The number of imidazole rings is 1. The number of anilines is 1. The van der Waals surface area contributed by atoms with Gasteiger partial charge in [-0.2, -0.15) is 0 Å². The van der Waals surface area contributed by atoms with E-state index in [1.807, 2.05) is 37.5 Å². The smallest absolute Gasteiger partial charge is 0.244 e. The van der Waals surface area contributed by atoms with E-state index in [-0.39, 0.29) is 18.4 Å². The number of halogens is 1. The predicted molar refractivity (Wildman–Crippen MR) is 113 cm³/mol. The Bertz CT molecular complexity index is 1110. The SMILES string of the molecule is Cc1cc(-c2nc3ccc(F)cc3n2C(C)C)ccc1NC(=O)[C@@H]1NC[C@@H](O)[C@H]1O. The second kappa shape index (κ2) is 7.79. The number of fused-ring (bicyclic) bond motifs is 1. The number of nitrogens with one attached hydrogen (secondary N) is 2. The summed E-state index contributed by atoms with van der Waals surface area (Å²) in [7, 11) is 0. The van der Waals surface area contributed by atoms with Gasteiger partial charge in [-0.15, -0.1) is 0 Å². The highest BCUT2D eigenvalue weighted by Crippen LogP contribution is 2.31. The molecule has 1 aliphatic heterocycles. The minimum Gasteiger partial charge on any atom is -0.389 e. The fourth-order valence-corrected chi connectivity index (χ4v) is 3.91. The van der Waals surface area contributed by atoms with E-state index in [1.54, 1.807) is 12.1 Å². The highest BCUT2D eigenvalue weighted by atomic mass is 19.1. The number of β-amino-alcohol motifs (C(OH)–C–C–N with tert-alkyl or cyclic N) is 1. The average Bonchev–Trinajstić information content (AvgIpc) is 3.23. The highest BCUT2D eigenvalue weighted by Gasteiger charge is 2.37. The van der Waals surface area contributed by atoms with E-state index in [1.165, 1.54) is 12.1 Å². The van der Waals surface area contributed by atoms with Crippen LogP contribution in [0.1, 0.15) is 25.5 Å². The zero-order valence-corrected chi connectivity index (χ0v) is 17.1. The van der Waals surface area contributed by atoms with E-state index in [4.69, 9.17) is 4.98 Å². The first-order chi connectivity index (χ1) is 14.3. The van der Waals surface area contributed by atoms with Crippen molar-refractivity contribution < 1.29 is 19.4 Å². The first kappa shape index (κ1) is 20.5. The van der Waals surface area contributed by atoms with Crippen LogP contribution in [-0.2, 0) is 4.79 Å². The number of hydrogen-bond acceptors (Lipinski definition) is 5. The van der Waals surface area contributed by atoms with Crippen LogP contribution in [0.15, 0.2) is 36.4 Å². The molecule has 0 unspecified atom stereocenters. The Kier molecular flexibility index (Phi) is 5.31. The summed E-state index contributed by atoms with van der Waals surface area (Å²) in [6, 6.07) is 9.32. The maximum atomic E-state index is 13.8. The van der Waals surface area contributed by atoms with Crippen molar-refractivity contribution in [2.75, 3.05) is 11.9 Å². The number of hydrogen-bond donors (Lipinski definition) is 4. The maximum absolute atomic E-state index is 13.8. The van der Waals surface area contributed by atoms with Crippen molar-refractivity contribution in [3.63, 3.8) is 0 Å². The number of aliphatic hydroxyl groups is 2. The molecular formula is C22H25FN4O3. The molecule has 1 fully saturated rings. The molecule has 158 valence electrons. The number of aliphatic hydroxyl groups excluding tert-OH is 2. The Morgan fingerprint density at radius 1 is 1.27 bits per heavy atom. The Labute approximate surface area is 173 Å². The van der Waals surface area contributed by atoms with Crippen molar-refractivity contribution in [3.8, 4) is 11.4 Å². The molecule has 0 spiro atoms. The minimum absolute atomic E-state index is 0.0767. The Hall–Kier alpha value is -2.81. The molecule has 1 saturated heterocycles. The predicted octanol–water partition coefficient (Wildman–Crippen LogP) is 2.36. The number of amides is 1. The molecule has 4 N–H and O–H groups in total. The standard InChI is InChI=1S/C22H25FN4O3/c1-11(2)27-17-9-14(23)5-7-16(17)25-21(27)13-4-6-15(12(3)8-13)26-22(30)19-20(29)18(28)10-24-19/h4-9,11,18-20,24,28-29H,10H2,1-3H3,(H,26,30)/t18-,19-,20-/m1/s1. The molecule has 3 aromatic rings.